The van der Waals surface area contributed by atoms with Crippen molar-refractivity contribution < 1.29 is 19.4 Å². The first-order valence-electron chi connectivity index (χ1n) is 9.19. The number of fused-ring (bicyclic) bond motifs is 1. The Morgan fingerprint density at radius 2 is 2.00 bits per heavy atom. The summed E-state index contributed by atoms with van der Waals surface area (Å²) in [6, 6.07) is 1.84. The molecule has 1 saturated heterocycles. The molecule has 27 heavy (non-hydrogen) atoms. The Kier molecular flexibility index (Phi) is 5.11. The second-order valence-electron chi connectivity index (χ2n) is 8.78. The summed E-state index contributed by atoms with van der Waals surface area (Å²) in [5.41, 5.74) is 5.43. The molecule has 0 bridgehead atoms. The van der Waals surface area contributed by atoms with Crippen LogP contribution in [0.4, 0.5) is 5.82 Å². The minimum absolute atomic E-state index is 0.00353. The number of nitrogens with zero attached hydrogens (tertiary/aromatic N) is 3. The molecule has 1 aliphatic rings. The van der Waals surface area contributed by atoms with Crippen molar-refractivity contribution in [3.63, 3.8) is 0 Å². The van der Waals surface area contributed by atoms with Crippen LogP contribution in [0.5, 0.6) is 0 Å². The minimum Gasteiger partial charge on any atom is -0.411 e. The summed E-state index contributed by atoms with van der Waals surface area (Å²) in [5.74, 6) is 0.404. The van der Waals surface area contributed by atoms with Crippen LogP contribution in [0, 0.1) is 0 Å². The summed E-state index contributed by atoms with van der Waals surface area (Å²) in [5, 5.41) is 20.9. The molecule has 8 nitrogen and oxygen atoms in total. The molecule has 1 unspecified atom stereocenters. The van der Waals surface area contributed by atoms with Gasteiger partial charge in [0, 0.05) is 12.6 Å². The molecule has 0 radical (unpaired) electrons. The number of rotatable bonds is 5. The van der Waals surface area contributed by atoms with E-state index in [0.717, 1.165) is 5.39 Å². The van der Waals surface area contributed by atoms with Crippen LogP contribution in [-0.4, -0.2) is 58.0 Å². The smallest absolute Gasteiger partial charge is 0.192 e. The molecule has 2 aromatic heterocycles. The van der Waals surface area contributed by atoms with E-state index in [9.17, 15) is 10.2 Å². The lowest BCUT2D eigenvalue weighted by Gasteiger charge is -2.42. The molecule has 2 atom stereocenters. The predicted octanol–water partition coefficient (Wildman–Crippen LogP) is 2.05. The number of ether oxygens (including phenoxy) is 1. The third-order valence-electron chi connectivity index (χ3n) is 6.00. The van der Waals surface area contributed by atoms with Crippen molar-refractivity contribution >= 4 is 25.2 Å². The molecule has 1 aliphatic heterocycles. The quantitative estimate of drug-likeness (QED) is 0.665. The van der Waals surface area contributed by atoms with Gasteiger partial charge in [0.15, 0.2) is 8.32 Å². The molecule has 0 aliphatic carbocycles. The Balaban J connectivity index is 1.95. The highest BCUT2D eigenvalue weighted by Gasteiger charge is 2.53. The van der Waals surface area contributed by atoms with E-state index < -0.39 is 26.3 Å². The van der Waals surface area contributed by atoms with Gasteiger partial charge in [-0.3, -0.25) is 0 Å². The van der Waals surface area contributed by atoms with Crippen molar-refractivity contribution in [3.05, 3.63) is 18.6 Å². The fourth-order valence-electron chi connectivity index (χ4n) is 3.20. The number of aromatic nitrogens is 3. The first kappa shape index (κ1) is 20.2. The highest BCUT2D eigenvalue weighted by Crippen LogP contribution is 2.45. The molecule has 4 N–H and O–H groups in total. The Labute approximate surface area is 160 Å². The van der Waals surface area contributed by atoms with E-state index in [1.165, 1.54) is 6.33 Å². The van der Waals surface area contributed by atoms with Crippen LogP contribution < -0.4 is 5.73 Å². The van der Waals surface area contributed by atoms with Crippen LogP contribution in [-0.2, 0) is 9.16 Å². The van der Waals surface area contributed by atoms with Gasteiger partial charge in [0.25, 0.3) is 0 Å². The van der Waals surface area contributed by atoms with Crippen molar-refractivity contribution in [2.75, 3.05) is 18.9 Å². The third kappa shape index (κ3) is 3.38. The van der Waals surface area contributed by atoms with Gasteiger partial charge in [-0.1, -0.05) is 20.8 Å². The van der Waals surface area contributed by atoms with E-state index in [1.807, 2.05) is 16.8 Å². The van der Waals surface area contributed by atoms with Gasteiger partial charge in [-0.25, -0.2) is 9.97 Å². The Hall–Kier alpha value is -1.52. The second kappa shape index (κ2) is 6.82. The Bertz CT molecular complexity index is 813. The highest BCUT2D eigenvalue weighted by atomic mass is 28.4. The van der Waals surface area contributed by atoms with Gasteiger partial charge in [0.1, 0.15) is 29.6 Å². The first-order valence-corrected chi connectivity index (χ1v) is 12.1. The van der Waals surface area contributed by atoms with E-state index in [2.05, 4.69) is 43.8 Å². The highest BCUT2D eigenvalue weighted by molar-refractivity contribution is 6.74. The fourth-order valence-corrected chi connectivity index (χ4v) is 4.58. The standard InChI is InChI=1S/C18H30N4O4Si/c1-17(2,3)27(4,5)26-13-8-14(25-18(13,9-23)10-24)22-7-6-12-15(19)20-11-21-16(12)22/h6-7,11,13-14,23-24H,8-10H2,1-5H3,(H2,19,20,21)/t13?,14-/m1/s1. The topological polar surface area (TPSA) is 116 Å². The maximum absolute atomic E-state index is 10.1. The molecule has 3 rings (SSSR count). The molecule has 0 saturated carbocycles. The molecule has 0 aromatic carbocycles. The maximum atomic E-state index is 10.1. The van der Waals surface area contributed by atoms with Gasteiger partial charge < -0.3 is 29.7 Å². The summed E-state index contributed by atoms with van der Waals surface area (Å²) in [7, 11) is -2.13. The van der Waals surface area contributed by atoms with Crippen LogP contribution in [0.3, 0.4) is 0 Å². The first-order chi connectivity index (χ1) is 12.5. The molecule has 1 fully saturated rings. The van der Waals surface area contributed by atoms with Gasteiger partial charge in [-0.15, -0.1) is 0 Å². The lowest BCUT2D eigenvalue weighted by atomic mass is 9.99. The maximum Gasteiger partial charge on any atom is 0.192 e. The van der Waals surface area contributed by atoms with E-state index >= 15 is 0 Å². The number of hydrogen-bond donors (Lipinski definition) is 3. The van der Waals surface area contributed by atoms with E-state index in [1.54, 1.807) is 0 Å². The normalized spacial score (nSPS) is 23.2. The van der Waals surface area contributed by atoms with Crippen molar-refractivity contribution in [3.8, 4) is 0 Å². The van der Waals surface area contributed by atoms with Gasteiger partial charge in [-0.05, 0) is 24.2 Å². The van der Waals surface area contributed by atoms with Crippen LogP contribution >= 0.6 is 0 Å². The van der Waals surface area contributed by atoms with E-state index in [4.69, 9.17) is 14.9 Å². The van der Waals surface area contributed by atoms with Crippen LogP contribution in [0.25, 0.3) is 11.0 Å². The molecule has 9 heteroatoms. The van der Waals surface area contributed by atoms with Gasteiger partial charge in [0.2, 0.25) is 0 Å². The third-order valence-corrected chi connectivity index (χ3v) is 10.5. The molecular weight excluding hydrogens is 364 g/mol. The fraction of sp³-hybridized carbons (Fsp3) is 0.667. The minimum atomic E-state index is -2.13. The summed E-state index contributed by atoms with van der Waals surface area (Å²) < 4.78 is 14.6. The predicted molar refractivity (Wildman–Crippen MR) is 106 cm³/mol. The van der Waals surface area contributed by atoms with Crippen molar-refractivity contribution in [1.29, 1.82) is 0 Å². The molecule has 0 amide bonds. The zero-order valence-electron chi connectivity index (χ0n) is 16.6. The Morgan fingerprint density at radius 3 is 2.59 bits per heavy atom. The summed E-state index contributed by atoms with van der Waals surface area (Å²) in [6.45, 7) is 10.1. The van der Waals surface area contributed by atoms with E-state index in [-0.39, 0.29) is 18.3 Å². The molecular formula is C18H30N4O4Si. The second-order valence-corrected chi connectivity index (χ2v) is 13.5. The SMILES string of the molecule is CC(C)(C)[Si](C)(C)OC1C[C@H](n2ccc3c(N)ncnc32)OC1(CO)CO. The summed E-state index contributed by atoms with van der Waals surface area (Å²) in [4.78, 5) is 8.33. The summed E-state index contributed by atoms with van der Waals surface area (Å²) >= 11 is 0. The van der Waals surface area contributed by atoms with Crippen LogP contribution in [0.15, 0.2) is 18.6 Å². The lowest BCUT2D eigenvalue weighted by molar-refractivity contribution is -0.146. The number of nitrogen functional groups attached to an aromatic ring is 1. The number of nitrogens with two attached hydrogens (primary N) is 1. The van der Waals surface area contributed by atoms with Gasteiger partial charge >= 0.3 is 0 Å². The Morgan fingerprint density at radius 1 is 1.33 bits per heavy atom. The molecule has 2 aromatic rings. The van der Waals surface area contributed by atoms with Crippen LogP contribution in [0.2, 0.25) is 18.1 Å². The van der Waals surface area contributed by atoms with Crippen molar-refractivity contribution in [2.45, 2.75) is 63.3 Å². The molecule has 0 spiro atoms. The number of aliphatic hydroxyl groups is 2. The zero-order chi connectivity index (χ0) is 20.0. The number of hydrogen-bond acceptors (Lipinski definition) is 7. The molecule has 150 valence electrons. The van der Waals surface area contributed by atoms with Crippen LogP contribution in [0.1, 0.15) is 33.4 Å². The molecule has 3 heterocycles. The average Bonchev–Trinajstić information content (AvgIpc) is 3.16. The monoisotopic (exact) mass is 394 g/mol. The van der Waals surface area contributed by atoms with Gasteiger partial charge in [0.05, 0.1) is 24.7 Å². The largest absolute Gasteiger partial charge is 0.411 e. The van der Waals surface area contributed by atoms with Crippen molar-refractivity contribution in [2.24, 2.45) is 0 Å². The number of anilines is 1. The zero-order valence-corrected chi connectivity index (χ0v) is 17.6. The number of aliphatic hydroxyl groups excluding tert-OH is 2. The lowest BCUT2D eigenvalue weighted by Crippen LogP contribution is -2.54. The average molecular weight is 395 g/mol. The van der Waals surface area contributed by atoms with E-state index in [0.29, 0.717) is 17.9 Å². The summed E-state index contributed by atoms with van der Waals surface area (Å²) in [6.07, 6.45) is 2.91. The van der Waals surface area contributed by atoms with Gasteiger partial charge in [-0.2, -0.15) is 0 Å². The van der Waals surface area contributed by atoms with Crippen molar-refractivity contribution in [1.82, 2.24) is 14.5 Å².